The number of nitrogens with one attached hydrogen (secondary N) is 1. The molecule has 1 fully saturated rings. The van der Waals surface area contributed by atoms with Crippen LogP contribution in [-0.4, -0.2) is 32.5 Å². The summed E-state index contributed by atoms with van der Waals surface area (Å²) >= 11 is 0. The summed E-state index contributed by atoms with van der Waals surface area (Å²) in [6, 6.07) is 0.226. The summed E-state index contributed by atoms with van der Waals surface area (Å²) in [7, 11) is -2.65. The first-order chi connectivity index (χ1) is 5.53. The summed E-state index contributed by atoms with van der Waals surface area (Å²) in [5.74, 6) is 1.32. The van der Waals surface area contributed by atoms with E-state index in [1.54, 1.807) is 0 Å². The lowest BCUT2D eigenvalue weighted by Gasteiger charge is -2.27. The van der Waals surface area contributed by atoms with Crippen LogP contribution < -0.4 is 5.32 Å². The van der Waals surface area contributed by atoms with Crippen LogP contribution in [0.5, 0.6) is 0 Å². The first-order valence-electron chi connectivity index (χ1n) is 4.47. The van der Waals surface area contributed by atoms with Crippen LogP contribution in [0.3, 0.4) is 0 Å². The Bertz CT molecular complexity index is 223. The van der Waals surface area contributed by atoms with E-state index in [9.17, 15) is 8.42 Å². The lowest BCUT2D eigenvalue weighted by molar-refractivity contribution is 0.448. The van der Waals surface area contributed by atoms with Gasteiger partial charge in [0.1, 0.15) is 0 Å². The third-order valence-electron chi connectivity index (χ3n) is 2.36. The van der Waals surface area contributed by atoms with E-state index in [0.29, 0.717) is 17.4 Å². The number of hydrogen-bond acceptors (Lipinski definition) is 3. The molecule has 1 rings (SSSR count). The normalized spacial score (nSPS) is 24.8. The van der Waals surface area contributed by atoms with E-state index < -0.39 is 9.84 Å². The molecule has 0 amide bonds. The first-order valence-corrected chi connectivity index (χ1v) is 6.29. The van der Waals surface area contributed by atoms with Gasteiger partial charge in [-0.1, -0.05) is 20.3 Å². The van der Waals surface area contributed by atoms with E-state index >= 15 is 0 Å². The average Bonchev–Trinajstić information content (AvgIpc) is 1.96. The Balaban J connectivity index is 2.12. The Morgan fingerprint density at radius 3 is 2.50 bits per heavy atom. The fraction of sp³-hybridized carbons (Fsp3) is 1.00. The van der Waals surface area contributed by atoms with Crippen molar-refractivity contribution in [3.63, 3.8) is 0 Å². The maximum Gasteiger partial charge on any atom is 0.153 e. The highest BCUT2D eigenvalue weighted by Crippen LogP contribution is 2.10. The molecule has 12 heavy (non-hydrogen) atoms. The second-order valence-electron chi connectivity index (χ2n) is 3.70. The summed E-state index contributed by atoms with van der Waals surface area (Å²) in [5, 5.41) is 3.25. The minimum absolute atomic E-state index is 0.226. The van der Waals surface area contributed by atoms with E-state index in [2.05, 4.69) is 19.2 Å². The van der Waals surface area contributed by atoms with Crippen LogP contribution in [0.15, 0.2) is 0 Å². The molecular formula is C8H17NO2S. The predicted octanol–water partition coefficient (Wildman–Crippen LogP) is 0.419. The van der Waals surface area contributed by atoms with E-state index in [4.69, 9.17) is 0 Å². The van der Waals surface area contributed by atoms with Gasteiger partial charge < -0.3 is 5.32 Å². The van der Waals surface area contributed by atoms with Crippen molar-refractivity contribution in [2.45, 2.75) is 26.3 Å². The van der Waals surface area contributed by atoms with Crippen LogP contribution in [-0.2, 0) is 9.84 Å². The molecule has 4 heteroatoms. The maximum atomic E-state index is 10.8. The Morgan fingerprint density at radius 2 is 2.08 bits per heavy atom. The van der Waals surface area contributed by atoms with Crippen LogP contribution >= 0.6 is 0 Å². The molecule has 1 N–H and O–H groups in total. The Labute approximate surface area is 74.5 Å². The lowest BCUT2D eigenvalue weighted by Crippen LogP contribution is -2.51. The smallest absolute Gasteiger partial charge is 0.153 e. The molecule has 3 nitrogen and oxygen atoms in total. The van der Waals surface area contributed by atoms with Crippen molar-refractivity contribution < 1.29 is 8.42 Å². The molecule has 1 saturated heterocycles. The molecule has 0 bridgehead atoms. The van der Waals surface area contributed by atoms with Gasteiger partial charge in [-0.3, -0.25) is 0 Å². The van der Waals surface area contributed by atoms with Gasteiger partial charge in [0.05, 0.1) is 11.5 Å². The molecule has 1 atom stereocenters. The summed E-state index contributed by atoms with van der Waals surface area (Å²) in [6.45, 7) is 5.25. The van der Waals surface area contributed by atoms with E-state index in [-0.39, 0.29) is 6.04 Å². The Hall–Kier alpha value is -0.0900. The van der Waals surface area contributed by atoms with Crippen molar-refractivity contribution in [2.75, 3.05) is 18.1 Å². The van der Waals surface area contributed by atoms with Gasteiger partial charge in [-0.25, -0.2) is 8.42 Å². The average molecular weight is 191 g/mol. The molecule has 1 aliphatic heterocycles. The Kier molecular flexibility index (Phi) is 3.12. The monoisotopic (exact) mass is 191 g/mol. The molecular weight excluding hydrogens is 174 g/mol. The molecule has 1 heterocycles. The van der Waals surface area contributed by atoms with Gasteiger partial charge in [0.2, 0.25) is 0 Å². The van der Waals surface area contributed by atoms with Crippen molar-refractivity contribution in [1.29, 1.82) is 0 Å². The number of rotatable bonds is 4. The van der Waals surface area contributed by atoms with Crippen LogP contribution in [0.2, 0.25) is 0 Å². The van der Waals surface area contributed by atoms with Gasteiger partial charge in [0.25, 0.3) is 0 Å². The fourth-order valence-corrected chi connectivity index (χ4v) is 2.56. The second-order valence-corrected chi connectivity index (χ2v) is 5.85. The molecule has 0 saturated carbocycles. The van der Waals surface area contributed by atoms with Crippen LogP contribution in [0.4, 0.5) is 0 Å². The SMILES string of the molecule is CCC(C)CNC1CS(=O)(=O)C1. The molecule has 0 aromatic rings. The minimum atomic E-state index is -2.65. The van der Waals surface area contributed by atoms with E-state index in [0.717, 1.165) is 13.0 Å². The van der Waals surface area contributed by atoms with Crippen molar-refractivity contribution in [1.82, 2.24) is 5.32 Å². The summed E-state index contributed by atoms with van der Waals surface area (Å²) in [6.07, 6.45) is 1.15. The third-order valence-corrected chi connectivity index (χ3v) is 4.18. The molecule has 72 valence electrons. The zero-order valence-corrected chi connectivity index (χ0v) is 8.52. The first kappa shape index (κ1) is 9.99. The molecule has 1 unspecified atom stereocenters. The highest BCUT2D eigenvalue weighted by molar-refractivity contribution is 7.92. The lowest BCUT2D eigenvalue weighted by atomic mass is 10.1. The van der Waals surface area contributed by atoms with Crippen molar-refractivity contribution in [3.8, 4) is 0 Å². The van der Waals surface area contributed by atoms with Gasteiger partial charge in [0, 0.05) is 6.04 Å². The van der Waals surface area contributed by atoms with Gasteiger partial charge in [-0.15, -0.1) is 0 Å². The fourth-order valence-electron chi connectivity index (χ4n) is 1.19. The van der Waals surface area contributed by atoms with Crippen molar-refractivity contribution >= 4 is 9.84 Å². The molecule has 0 spiro atoms. The summed E-state index contributed by atoms with van der Waals surface area (Å²) in [5.41, 5.74) is 0. The highest BCUT2D eigenvalue weighted by Gasteiger charge is 2.32. The molecule has 0 radical (unpaired) electrons. The largest absolute Gasteiger partial charge is 0.312 e. The maximum absolute atomic E-state index is 10.8. The minimum Gasteiger partial charge on any atom is -0.312 e. The molecule has 0 aliphatic carbocycles. The number of sulfone groups is 1. The van der Waals surface area contributed by atoms with E-state index in [1.807, 2.05) is 0 Å². The standard InChI is InChI=1S/C8H17NO2S/c1-3-7(2)4-9-8-5-12(10,11)6-8/h7-9H,3-6H2,1-2H3. The topological polar surface area (TPSA) is 46.2 Å². The van der Waals surface area contributed by atoms with E-state index in [1.165, 1.54) is 0 Å². The third kappa shape index (κ3) is 2.75. The zero-order valence-electron chi connectivity index (χ0n) is 7.71. The highest BCUT2D eigenvalue weighted by atomic mass is 32.2. The summed E-state index contributed by atoms with van der Waals surface area (Å²) in [4.78, 5) is 0. The summed E-state index contributed by atoms with van der Waals surface area (Å²) < 4.78 is 21.5. The van der Waals surface area contributed by atoms with Crippen LogP contribution in [0.25, 0.3) is 0 Å². The molecule has 0 aromatic carbocycles. The van der Waals surface area contributed by atoms with Gasteiger partial charge in [-0.05, 0) is 12.5 Å². The molecule has 0 aromatic heterocycles. The zero-order chi connectivity index (χ0) is 9.19. The van der Waals surface area contributed by atoms with Crippen molar-refractivity contribution in [3.05, 3.63) is 0 Å². The Morgan fingerprint density at radius 1 is 1.50 bits per heavy atom. The quantitative estimate of drug-likeness (QED) is 0.700. The van der Waals surface area contributed by atoms with Crippen molar-refractivity contribution in [2.24, 2.45) is 5.92 Å². The number of hydrogen-bond donors (Lipinski definition) is 1. The predicted molar refractivity (Wildman–Crippen MR) is 49.9 cm³/mol. The van der Waals surface area contributed by atoms with Crippen LogP contribution in [0.1, 0.15) is 20.3 Å². The van der Waals surface area contributed by atoms with Gasteiger partial charge in [0.15, 0.2) is 9.84 Å². The second kappa shape index (κ2) is 3.75. The molecule has 1 aliphatic rings. The van der Waals surface area contributed by atoms with Gasteiger partial charge in [-0.2, -0.15) is 0 Å². The van der Waals surface area contributed by atoms with Gasteiger partial charge >= 0.3 is 0 Å². The van der Waals surface area contributed by atoms with Crippen LogP contribution in [0, 0.1) is 5.92 Å².